The molecule has 2 N–H and O–H groups in total. The fourth-order valence-corrected chi connectivity index (χ4v) is 7.49. The van der Waals surface area contributed by atoms with E-state index in [1.165, 1.54) is 11.3 Å². The molecule has 0 saturated carbocycles. The average molecular weight is 638 g/mol. The molecular weight excluding hydrogens is 609 g/mol. The second kappa shape index (κ2) is 11.7. The average Bonchev–Trinajstić information content (AvgIpc) is 3.49. The van der Waals surface area contributed by atoms with Gasteiger partial charge in [0.25, 0.3) is 25.2 Å². The highest BCUT2D eigenvalue weighted by molar-refractivity contribution is 7.86. The first-order chi connectivity index (χ1) is 20.6. The lowest BCUT2D eigenvalue weighted by Gasteiger charge is -2.18. The lowest BCUT2D eigenvalue weighted by molar-refractivity contribution is -0.667. The predicted molar refractivity (Wildman–Crippen MR) is 169 cm³/mol. The summed E-state index contributed by atoms with van der Waals surface area (Å²) in [5, 5.41) is 2.86. The third kappa shape index (κ3) is 6.58. The predicted octanol–water partition coefficient (Wildman–Crippen LogP) is 5.76. The standard InChI is InChI=1S/C31H28N2O7S3/c34-42(35,36)18-6-16-32-26-20-24(22-8-2-1-3-9-22)12-14-27(26)40-29(32)21-30-33(17-7-19-43(37,38)39)31-25-11-5-4-10-23(25)13-15-28(31)41-30/h1-5,8-15,20-21H,6-7,16-19H2,(H-,34,35,36,37,38,39)/p+1. The molecule has 12 heteroatoms. The van der Waals surface area contributed by atoms with Gasteiger partial charge in [-0.05, 0) is 47.2 Å². The summed E-state index contributed by atoms with van der Waals surface area (Å²) in [6.07, 6.45) is 2.25. The summed E-state index contributed by atoms with van der Waals surface area (Å²) >= 11 is 1.52. The summed E-state index contributed by atoms with van der Waals surface area (Å²) in [7, 11) is -8.28. The normalized spacial score (nSPS) is 14.5. The zero-order valence-corrected chi connectivity index (χ0v) is 25.4. The van der Waals surface area contributed by atoms with Crippen molar-refractivity contribution >= 4 is 64.3 Å². The van der Waals surface area contributed by atoms with Crippen molar-refractivity contribution in [3.8, 4) is 16.9 Å². The van der Waals surface area contributed by atoms with Crippen LogP contribution in [0.25, 0.3) is 38.2 Å². The zero-order valence-electron chi connectivity index (χ0n) is 23.0. The Hall–Kier alpha value is -3.81. The summed E-state index contributed by atoms with van der Waals surface area (Å²) in [4.78, 5) is 1.90. The quantitative estimate of drug-likeness (QED) is 0.146. The van der Waals surface area contributed by atoms with E-state index in [9.17, 15) is 25.9 Å². The Morgan fingerprint density at radius 1 is 0.814 bits per heavy atom. The third-order valence-corrected chi connectivity index (χ3v) is 9.97. The van der Waals surface area contributed by atoms with E-state index in [-0.39, 0.29) is 25.1 Å². The van der Waals surface area contributed by atoms with Gasteiger partial charge in [0.1, 0.15) is 4.70 Å². The number of hydrogen-bond donors (Lipinski definition) is 2. The molecule has 0 fully saturated rings. The number of benzene rings is 4. The van der Waals surface area contributed by atoms with Crippen molar-refractivity contribution in [1.29, 1.82) is 0 Å². The highest BCUT2D eigenvalue weighted by Gasteiger charge is 2.30. The number of aryl methyl sites for hydroxylation is 1. The Balaban J connectivity index is 1.45. The van der Waals surface area contributed by atoms with Crippen LogP contribution in [0.2, 0.25) is 0 Å². The molecule has 2 heterocycles. The topological polar surface area (TPSA) is 125 Å². The highest BCUT2D eigenvalue weighted by Crippen LogP contribution is 2.42. The van der Waals surface area contributed by atoms with E-state index in [1.54, 1.807) is 0 Å². The van der Waals surface area contributed by atoms with E-state index < -0.39 is 26.0 Å². The SMILES string of the molecule is O=S(=O)(O)CCCN1/C(=C/c2sc3ccc4ccccc4c3[n+]2CCCS(=O)(=O)O)Oc2ccc(-c3ccccc3)cc21. The molecule has 0 atom stereocenters. The number of ether oxygens (including phenoxy) is 1. The van der Waals surface area contributed by atoms with Crippen molar-refractivity contribution in [1.82, 2.24) is 0 Å². The van der Waals surface area contributed by atoms with Crippen LogP contribution in [-0.2, 0) is 26.8 Å². The molecule has 5 aromatic rings. The molecule has 1 aliphatic rings. The first-order valence-corrected chi connectivity index (χ1v) is 17.7. The van der Waals surface area contributed by atoms with Crippen LogP contribution in [0.4, 0.5) is 5.69 Å². The molecule has 0 amide bonds. The number of hydrogen-bond acceptors (Lipinski definition) is 7. The summed E-state index contributed by atoms with van der Waals surface area (Å²) in [6, 6.07) is 27.8. The number of anilines is 1. The molecule has 0 saturated heterocycles. The Labute approximate surface area is 253 Å². The molecule has 0 radical (unpaired) electrons. The van der Waals surface area contributed by atoms with E-state index >= 15 is 0 Å². The number of aromatic nitrogens is 1. The minimum Gasteiger partial charge on any atom is -0.438 e. The summed E-state index contributed by atoms with van der Waals surface area (Å²) < 4.78 is 74.2. The first kappa shape index (κ1) is 29.3. The van der Waals surface area contributed by atoms with Crippen LogP contribution < -0.4 is 14.2 Å². The molecule has 4 aromatic carbocycles. The molecule has 222 valence electrons. The second-order valence-corrected chi connectivity index (χ2v) is 14.5. The van der Waals surface area contributed by atoms with Gasteiger partial charge in [-0.3, -0.25) is 9.11 Å². The van der Waals surface area contributed by atoms with Crippen molar-refractivity contribution in [2.24, 2.45) is 0 Å². The first-order valence-electron chi connectivity index (χ1n) is 13.7. The minimum absolute atomic E-state index is 0.167. The van der Waals surface area contributed by atoms with Crippen molar-refractivity contribution < 1.29 is 35.2 Å². The molecular formula is C31H29N2O7S3+. The van der Waals surface area contributed by atoms with Crippen LogP contribution in [-0.4, -0.2) is 44.0 Å². The van der Waals surface area contributed by atoms with Gasteiger partial charge >= 0.3 is 0 Å². The number of thiazole rings is 1. The van der Waals surface area contributed by atoms with Crippen LogP contribution in [0.15, 0.2) is 90.8 Å². The smallest absolute Gasteiger partial charge is 0.268 e. The molecule has 6 rings (SSSR count). The highest BCUT2D eigenvalue weighted by atomic mass is 32.2. The molecule has 0 aliphatic carbocycles. The maximum atomic E-state index is 11.5. The van der Waals surface area contributed by atoms with Gasteiger partial charge < -0.3 is 9.64 Å². The van der Waals surface area contributed by atoms with Crippen LogP contribution in [0.5, 0.6) is 5.75 Å². The van der Waals surface area contributed by atoms with Crippen molar-refractivity contribution in [3.63, 3.8) is 0 Å². The van der Waals surface area contributed by atoms with E-state index in [4.69, 9.17) is 4.74 Å². The summed E-state index contributed by atoms with van der Waals surface area (Å²) in [5.74, 6) is 0.330. The largest absolute Gasteiger partial charge is 0.438 e. The summed E-state index contributed by atoms with van der Waals surface area (Å²) in [5.41, 5.74) is 3.71. The van der Waals surface area contributed by atoms with Crippen LogP contribution >= 0.6 is 11.3 Å². The van der Waals surface area contributed by atoms with Crippen LogP contribution in [0.3, 0.4) is 0 Å². The van der Waals surface area contributed by atoms with Crippen LogP contribution in [0, 0.1) is 0 Å². The Morgan fingerprint density at radius 3 is 2.30 bits per heavy atom. The molecule has 1 aromatic heterocycles. The Kier molecular flexibility index (Phi) is 7.96. The van der Waals surface area contributed by atoms with Gasteiger partial charge in [0.15, 0.2) is 12.3 Å². The number of nitrogens with zero attached hydrogens (tertiary/aromatic N) is 2. The molecule has 43 heavy (non-hydrogen) atoms. The number of rotatable bonds is 10. The van der Waals surface area contributed by atoms with Gasteiger partial charge in [0.05, 0.1) is 28.7 Å². The lowest BCUT2D eigenvalue weighted by atomic mass is 10.0. The second-order valence-electron chi connectivity index (χ2n) is 10.3. The monoisotopic (exact) mass is 637 g/mol. The summed E-state index contributed by atoms with van der Waals surface area (Å²) in [6.45, 7) is 0.605. The van der Waals surface area contributed by atoms with Gasteiger partial charge in [0.2, 0.25) is 11.4 Å². The minimum atomic E-state index is -4.15. The lowest BCUT2D eigenvalue weighted by Crippen LogP contribution is -2.36. The molecule has 0 spiro atoms. The maximum absolute atomic E-state index is 11.5. The fourth-order valence-electron chi connectivity index (χ4n) is 5.37. The van der Waals surface area contributed by atoms with Gasteiger partial charge in [-0.25, -0.2) is 0 Å². The van der Waals surface area contributed by atoms with E-state index in [0.29, 0.717) is 18.2 Å². The molecule has 0 bridgehead atoms. The molecule has 0 unspecified atom stereocenters. The van der Waals surface area contributed by atoms with Crippen molar-refractivity contribution in [2.75, 3.05) is 23.0 Å². The Morgan fingerprint density at radius 2 is 1.53 bits per heavy atom. The number of fused-ring (bicyclic) bond motifs is 4. The molecule has 9 nitrogen and oxygen atoms in total. The van der Waals surface area contributed by atoms with E-state index in [2.05, 4.69) is 0 Å². The Bertz CT molecular complexity index is 2070. The van der Waals surface area contributed by atoms with E-state index in [1.807, 2.05) is 100 Å². The van der Waals surface area contributed by atoms with Gasteiger partial charge in [0, 0.05) is 13.0 Å². The molecule has 1 aliphatic heterocycles. The third-order valence-electron chi connectivity index (χ3n) is 7.27. The van der Waals surface area contributed by atoms with Crippen molar-refractivity contribution in [2.45, 2.75) is 19.4 Å². The van der Waals surface area contributed by atoms with E-state index in [0.717, 1.165) is 42.8 Å². The van der Waals surface area contributed by atoms with Gasteiger partial charge in [-0.2, -0.15) is 21.4 Å². The fraction of sp³-hybridized carbons (Fsp3) is 0.194. The van der Waals surface area contributed by atoms with Gasteiger partial charge in [-0.1, -0.05) is 72.0 Å². The van der Waals surface area contributed by atoms with Gasteiger partial charge in [-0.15, -0.1) is 0 Å². The van der Waals surface area contributed by atoms with Crippen LogP contribution in [0.1, 0.15) is 17.8 Å². The maximum Gasteiger partial charge on any atom is 0.268 e. The van der Waals surface area contributed by atoms with Crippen molar-refractivity contribution in [3.05, 3.63) is 95.8 Å². The zero-order chi connectivity index (χ0) is 30.2.